The predicted octanol–water partition coefficient (Wildman–Crippen LogP) is 3.24. The van der Waals surface area contributed by atoms with Crippen molar-refractivity contribution in [1.29, 1.82) is 0 Å². The third-order valence-electron chi connectivity index (χ3n) is 4.93. The van der Waals surface area contributed by atoms with Crippen LogP contribution in [0.1, 0.15) is 51.5 Å². The highest BCUT2D eigenvalue weighted by Gasteiger charge is 2.52. The van der Waals surface area contributed by atoms with Crippen molar-refractivity contribution in [2.24, 2.45) is 0 Å². The SMILES string of the molecule is CCCCC[C@@H]1[C@@H]([N+](=O)[O-])[C@@](C)(O)CCN1Cc1ccccc1. The molecule has 0 amide bonds. The Kier molecular flexibility index (Phi) is 6.13. The van der Waals surface area contributed by atoms with Gasteiger partial charge in [-0.2, -0.15) is 0 Å². The Balaban J connectivity index is 2.19. The summed E-state index contributed by atoms with van der Waals surface area (Å²) in [5.41, 5.74) is -0.0651. The largest absolute Gasteiger partial charge is 0.383 e. The number of aliphatic hydroxyl groups is 1. The van der Waals surface area contributed by atoms with Crippen molar-refractivity contribution in [3.8, 4) is 0 Å². The van der Waals surface area contributed by atoms with Crippen molar-refractivity contribution in [3.63, 3.8) is 0 Å². The van der Waals surface area contributed by atoms with E-state index in [4.69, 9.17) is 0 Å². The number of nitrogens with zero attached hydrogens (tertiary/aromatic N) is 2. The van der Waals surface area contributed by atoms with Crippen LogP contribution in [0.4, 0.5) is 0 Å². The second-order valence-electron chi connectivity index (χ2n) is 6.86. The minimum Gasteiger partial charge on any atom is -0.383 e. The van der Waals surface area contributed by atoms with Crippen LogP contribution in [-0.4, -0.2) is 39.2 Å². The lowest BCUT2D eigenvalue weighted by atomic mass is 9.80. The minimum absolute atomic E-state index is 0.208. The summed E-state index contributed by atoms with van der Waals surface area (Å²) >= 11 is 0. The Bertz CT molecular complexity index is 504. The zero-order valence-corrected chi connectivity index (χ0v) is 14.1. The molecule has 128 valence electrons. The van der Waals surface area contributed by atoms with Gasteiger partial charge in [0.25, 0.3) is 6.04 Å². The second kappa shape index (κ2) is 7.88. The molecule has 1 aromatic carbocycles. The number of benzene rings is 1. The van der Waals surface area contributed by atoms with Crippen molar-refractivity contribution in [2.45, 2.75) is 70.2 Å². The molecule has 1 heterocycles. The topological polar surface area (TPSA) is 66.6 Å². The maximum Gasteiger partial charge on any atom is 0.256 e. The molecule has 1 fully saturated rings. The molecule has 0 bridgehead atoms. The predicted molar refractivity (Wildman–Crippen MR) is 90.8 cm³/mol. The van der Waals surface area contributed by atoms with Gasteiger partial charge in [0, 0.05) is 18.0 Å². The van der Waals surface area contributed by atoms with E-state index < -0.39 is 11.6 Å². The van der Waals surface area contributed by atoms with Crippen LogP contribution in [0.15, 0.2) is 30.3 Å². The highest BCUT2D eigenvalue weighted by atomic mass is 16.6. The highest BCUT2D eigenvalue weighted by Crippen LogP contribution is 2.32. The Morgan fingerprint density at radius 1 is 1.35 bits per heavy atom. The molecular formula is C18H28N2O3. The fourth-order valence-electron chi connectivity index (χ4n) is 3.62. The second-order valence-corrected chi connectivity index (χ2v) is 6.86. The van der Waals surface area contributed by atoms with Gasteiger partial charge in [0.1, 0.15) is 5.60 Å². The lowest BCUT2D eigenvalue weighted by Crippen LogP contribution is -2.62. The Morgan fingerprint density at radius 2 is 2.04 bits per heavy atom. The van der Waals surface area contributed by atoms with E-state index in [0.29, 0.717) is 19.5 Å². The first kappa shape index (κ1) is 17.9. The number of hydrogen-bond donors (Lipinski definition) is 1. The maximum absolute atomic E-state index is 11.6. The minimum atomic E-state index is -1.23. The van der Waals surface area contributed by atoms with Crippen LogP contribution in [0.2, 0.25) is 0 Å². The van der Waals surface area contributed by atoms with Crippen LogP contribution >= 0.6 is 0 Å². The molecule has 1 saturated heterocycles. The molecule has 0 aromatic heterocycles. The average Bonchev–Trinajstić information content (AvgIpc) is 2.50. The maximum atomic E-state index is 11.6. The smallest absolute Gasteiger partial charge is 0.256 e. The highest BCUT2D eigenvalue weighted by molar-refractivity contribution is 5.15. The molecule has 1 aliphatic heterocycles. The summed E-state index contributed by atoms with van der Waals surface area (Å²) < 4.78 is 0. The van der Waals surface area contributed by atoms with Gasteiger partial charge in [-0.3, -0.25) is 15.0 Å². The van der Waals surface area contributed by atoms with Crippen molar-refractivity contribution in [3.05, 3.63) is 46.0 Å². The van der Waals surface area contributed by atoms with Gasteiger partial charge in [-0.1, -0.05) is 56.5 Å². The number of unbranched alkanes of at least 4 members (excludes halogenated alkanes) is 2. The zero-order valence-electron chi connectivity index (χ0n) is 14.1. The van der Waals surface area contributed by atoms with Crippen LogP contribution in [0.5, 0.6) is 0 Å². The molecule has 1 aromatic rings. The molecule has 23 heavy (non-hydrogen) atoms. The molecule has 5 heteroatoms. The summed E-state index contributed by atoms with van der Waals surface area (Å²) in [7, 11) is 0. The number of hydrogen-bond acceptors (Lipinski definition) is 4. The molecule has 5 nitrogen and oxygen atoms in total. The standard InChI is InChI=1S/C18H28N2O3/c1-3-4-6-11-16-17(20(22)23)18(2,21)12-13-19(16)14-15-9-7-5-8-10-15/h5,7-10,16-17,21H,3-4,6,11-14H2,1-2H3/t16-,17-,18+/m1/s1. The normalized spacial score (nSPS) is 28.7. The van der Waals surface area contributed by atoms with Gasteiger partial charge in [0.15, 0.2) is 0 Å². The van der Waals surface area contributed by atoms with E-state index in [1.54, 1.807) is 6.92 Å². The summed E-state index contributed by atoms with van der Waals surface area (Å²) in [5, 5.41) is 22.2. The fourth-order valence-corrected chi connectivity index (χ4v) is 3.62. The van der Waals surface area contributed by atoms with E-state index in [-0.39, 0.29) is 11.0 Å². The molecule has 0 aliphatic carbocycles. The van der Waals surface area contributed by atoms with E-state index >= 15 is 0 Å². The van der Waals surface area contributed by atoms with Crippen molar-refractivity contribution in [2.75, 3.05) is 6.54 Å². The third-order valence-corrected chi connectivity index (χ3v) is 4.93. The summed E-state index contributed by atoms with van der Waals surface area (Å²) in [6.07, 6.45) is 4.33. The lowest BCUT2D eigenvalue weighted by molar-refractivity contribution is -0.557. The summed E-state index contributed by atoms with van der Waals surface area (Å²) in [6, 6.07) is 8.94. The molecule has 1 aliphatic rings. The molecule has 0 saturated carbocycles. The van der Waals surface area contributed by atoms with E-state index in [1.165, 1.54) is 0 Å². The van der Waals surface area contributed by atoms with E-state index in [2.05, 4.69) is 24.0 Å². The van der Waals surface area contributed by atoms with Gasteiger partial charge in [-0.15, -0.1) is 0 Å². The van der Waals surface area contributed by atoms with Crippen LogP contribution in [0.3, 0.4) is 0 Å². The van der Waals surface area contributed by atoms with Crippen LogP contribution in [0, 0.1) is 10.1 Å². The van der Waals surface area contributed by atoms with E-state index in [0.717, 1.165) is 31.2 Å². The van der Waals surface area contributed by atoms with Crippen molar-refractivity contribution in [1.82, 2.24) is 4.90 Å². The van der Waals surface area contributed by atoms with E-state index in [9.17, 15) is 15.2 Å². The molecule has 3 atom stereocenters. The number of rotatable bonds is 7. The molecule has 2 rings (SSSR count). The van der Waals surface area contributed by atoms with Gasteiger partial charge >= 0.3 is 0 Å². The third kappa shape index (κ3) is 4.52. The lowest BCUT2D eigenvalue weighted by Gasteiger charge is -2.44. The molecule has 0 unspecified atom stereocenters. The van der Waals surface area contributed by atoms with Crippen LogP contribution < -0.4 is 0 Å². The summed E-state index contributed by atoms with van der Waals surface area (Å²) in [6.45, 7) is 5.15. The van der Waals surface area contributed by atoms with Gasteiger partial charge < -0.3 is 5.11 Å². The first-order valence-corrected chi connectivity index (χ1v) is 8.59. The number of likely N-dealkylation sites (tertiary alicyclic amines) is 1. The monoisotopic (exact) mass is 320 g/mol. The average molecular weight is 320 g/mol. The summed E-state index contributed by atoms with van der Waals surface area (Å²) in [4.78, 5) is 13.6. The number of piperidine rings is 1. The van der Waals surface area contributed by atoms with E-state index in [1.807, 2.05) is 18.2 Å². The Hall–Kier alpha value is -1.46. The quantitative estimate of drug-likeness (QED) is 0.476. The van der Waals surface area contributed by atoms with Crippen molar-refractivity contribution < 1.29 is 10.0 Å². The first-order chi connectivity index (χ1) is 11.0. The Morgan fingerprint density at radius 3 is 2.65 bits per heavy atom. The molecular weight excluding hydrogens is 292 g/mol. The molecule has 0 radical (unpaired) electrons. The van der Waals surface area contributed by atoms with Gasteiger partial charge in [0.05, 0.1) is 6.04 Å². The number of nitro groups is 1. The van der Waals surface area contributed by atoms with Gasteiger partial charge in [-0.25, -0.2) is 0 Å². The van der Waals surface area contributed by atoms with Crippen molar-refractivity contribution >= 4 is 0 Å². The van der Waals surface area contributed by atoms with Gasteiger partial charge in [0.2, 0.25) is 0 Å². The van der Waals surface area contributed by atoms with Crippen LogP contribution in [-0.2, 0) is 6.54 Å². The Labute approximate surface area is 138 Å². The van der Waals surface area contributed by atoms with Gasteiger partial charge in [-0.05, 0) is 25.3 Å². The fraction of sp³-hybridized carbons (Fsp3) is 0.667. The first-order valence-electron chi connectivity index (χ1n) is 8.59. The summed E-state index contributed by atoms with van der Waals surface area (Å²) in [5.74, 6) is 0. The molecule has 1 N–H and O–H groups in total. The zero-order chi connectivity index (χ0) is 16.9. The van der Waals surface area contributed by atoms with Crippen LogP contribution in [0.25, 0.3) is 0 Å². The molecule has 0 spiro atoms.